The van der Waals surface area contributed by atoms with Crippen LogP contribution < -0.4 is 0 Å². The van der Waals surface area contributed by atoms with Crippen molar-refractivity contribution in [1.82, 2.24) is 0 Å². The predicted molar refractivity (Wildman–Crippen MR) is 97.8 cm³/mol. The first-order chi connectivity index (χ1) is 11.8. The van der Waals surface area contributed by atoms with Gasteiger partial charge >= 0.3 is 0 Å². The van der Waals surface area contributed by atoms with Gasteiger partial charge in [0.05, 0.1) is 11.7 Å². The van der Waals surface area contributed by atoms with Gasteiger partial charge in [-0.05, 0) is 62.2 Å². The van der Waals surface area contributed by atoms with Crippen molar-refractivity contribution in [2.24, 2.45) is 35.0 Å². The molecule has 0 heterocycles. The third kappa shape index (κ3) is 3.20. The Morgan fingerprint density at radius 2 is 1.92 bits per heavy atom. The first-order valence-corrected chi connectivity index (χ1v) is 10.1. The Labute approximate surface area is 152 Å². The lowest BCUT2D eigenvalue weighted by molar-refractivity contribution is -0.0700. The zero-order valence-electron chi connectivity index (χ0n) is 16.0. The number of hydrogen-bond acceptors (Lipinski definition) is 4. The Hall–Kier alpha value is -0.420. The summed E-state index contributed by atoms with van der Waals surface area (Å²) in [5.74, 6) is 0.845. The molecule has 3 rings (SSSR count). The van der Waals surface area contributed by atoms with E-state index in [4.69, 9.17) is 0 Å². The fourth-order valence-electron chi connectivity index (χ4n) is 6.46. The molecular weight excluding hydrogens is 316 g/mol. The highest BCUT2D eigenvalue weighted by atomic mass is 16.3. The van der Waals surface area contributed by atoms with Gasteiger partial charge in [0.15, 0.2) is 0 Å². The van der Waals surface area contributed by atoms with Crippen LogP contribution in [-0.4, -0.2) is 45.3 Å². The van der Waals surface area contributed by atoms with E-state index < -0.39 is 11.7 Å². The molecule has 0 bridgehead atoms. The smallest absolute Gasteiger partial charge is 0.0709 e. The lowest BCUT2D eigenvalue weighted by atomic mass is 9.64. The van der Waals surface area contributed by atoms with Crippen molar-refractivity contribution in [2.75, 3.05) is 13.2 Å². The Bertz CT molecular complexity index is 510. The van der Waals surface area contributed by atoms with Gasteiger partial charge in [-0.25, -0.2) is 0 Å². The first-order valence-electron chi connectivity index (χ1n) is 10.1. The van der Waals surface area contributed by atoms with E-state index in [1.807, 2.05) is 6.92 Å². The summed E-state index contributed by atoms with van der Waals surface area (Å²) in [5, 5.41) is 41.2. The minimum Gasteiger partial charge on any atom is -0.396 e. The molecule has 0 unspecified atom stereocenters. The summed E-state index contributed by atoms with van der Waals surface area (Å²) in [6.45, 7) is 6.41. The summed E-state index contributed by atoms with van der Waals surface area (Å²) in [7, 11) is 0. The van der Waals surface area contributed by atoms with E-state index in [1.54, 1.807) is 0 Å². The van der Waals surface area contributed by atoms with E-state index in [-0.39, 0.29) is 36.4 Å². The molecule has 2 fully saturated rings. The molecule has 0 saturated heterocycles. The summed E-state index contributed by atoms with van der Waals surface area (Å²) in [4.78, 5) is 0. The van der Waals surface area contributed by atoms with Crippen molar-refractivity contribution in [3.8, 4) is 0 Å². The minimum atomic E-state index is -0.899. The number of aliphatic hydroxyl groups is 4. The summed E-state index contributed by atoms with van der Waals surface area (Å²) >= 11 is 0. The van der Waals surface area contributed by atoms with Crippen molar-refractivity contribution in [1.29, 1.82) is 0 Å². The third-order valence-corrected chi connectivity index (χ3v) is 7.83. The second-order valence-corrected chi connectivity index (χ2v) is 9.42. The molecule has 3 aliphatic rings. The van der Waals surface area contributed by atoms with Crippen molar-refractivity contribution < 1.29 is 20.4 Å². The molecule has 0 aliphatic heterocycles. The number of aliphatic hydroxyl groups excluding tert-OH is 3. The van der Waals surface area contributed by atoms with Crippen LogP contribution in [0.25, 0.3) is 0 Å². The number of fused-ring (bicyclic) bond motifs is 2. The van der Waals surface area contributed by atoms with E-state index in [0.29, 0.717) is 18.3 Å². The average Bonchev–Trinajstić information content (AvgIpc) is 3.03. The molecular formula is C21H36O4. The van der Waals surface area contributed by atoms with Crippen LogP contribution >= 0.6 is 0 Å². The Kier molecular flexibility index (Phi) is 5.38. The van der Waals surface area contributed by atoms with Gasteiger partial charge in [0.25, 0.3) is 0 Å². The number of hydrogen-bond donors (Lipinski definition) is 4. The maximum absolute atomic E-state index is 11.2. The van der Waals surface area contributed by atoms with Crippen molar-refractivity contribution in [2.45, 2.75) is 71.0 Å². The van der Waals surface area contributed by atoms with E-state index >= 15 is 0 Å². The summed E-state index contributed by atoms with van der Waals surface area (Å²) in [6.07, 6.45) is 7.21. The second kappa shape index (κ2) is 6.95. The standard InChI is InChI=1S/C21H36O4/c1-4-13-9-18(24)19-16(13)10-20(2)7-5-15(14(11-22)12-23)17(20)6-8-21(19,3)25/h6,13-16,18-19,22-25H,4-5,7-12H2,1-3H3/t13-,15+,16-,18-,19-,20-,21+/m0/s1. The molecule has 144 valence electrons. The molecule has 3 aliphatic carbocycles. The van der Waals surface area contributed by atoms with Gasteiger partial charge in [-0.3, -0.25) is 0 Å². The van der Waals surface area contributed by atoms with Crippen LogP contribution in [0.5, 0.6) is 0 Å². The van der Waals surface area contributed by atoms with Gasteiger partial charge in [0.1, 0.15) is 0 Å². The Balaban J connectivity index is 1.98. The summed E-state index contributed by atoms with van der Waals surface area (Å²) < 4.78 is 0. The van der Waals surface area contributed by atoms with Crippen LogP contribution in [0.15, 0.2) is 11.6 Å². The molecule has 7 atom stereocenters. The highest BCUT2D eigenvalue weighted by molar-refractivity contribution is 5.26. The molecule has 0 aromatic carbocycles. The van der Waals surface area contributed by atoms with Crippen LogP contribution in [0.3, 0.4) is 0 Å². The van der Waals surface area contributed by atoms with Gasteiger partial charge in [0.2, 0.25) is 0 Å². The normalized spacial score (nSPS) is 47.2. The zero-order chi connectivity index (χ0) is 18.4. The van der Waals surface area contributed by atoms with Crippen LogP contribution in [0.2, 0.25) is 0 Å². The van der Waals surface area contributed by atoms with E-state index in [9.17, 15) is 20.4 Å². The largest absolute Gasteiger partial charge is 0.396 e. The summed E-state index contributed by atoms with van der Waals surface area (Å²) in [5.41, 5.74) is 0.489. The molecule has 0 aromatic rings. The average molecular weight is 353 g/mol. The summed E-state index contributed by atoms with van der Waals surface area (Å²) in [6, 6.07) is 0. The molecule has 0 spiro atoms. The SMILES string of the molecule is CC[C@H]1C[C@H](O)[C@@H]2[C@H]1C[C@]1(C)CC[C@H](C(CO)CO)C1=CC[C@@]2(C)O. The molecule has 4 N–H and O–H groups in total. The van der Waals surface area contributed by atoms with E-state index in [0.717, 1.165) is 32.1 Å². The van der Waals surface area contributed by atoms with Crippen molar-refractivity contribution in [3.05, 3.63) is 11.6 Å². The minimum absolute atomic E-state index is 0.00727. The fraction of sp³-hybridized carbons (Fsp3) is 0.905. The quantitative estimate of drug-likeness (QED) is 0.586. The fourth-order valence-corrected chi connectivity index (χ4v) is 6.46. The molecule has 0 radical (unpaired) electrons. The molecule has 4 heteroatoms. The van der Waals surface area contributed by atoms with Gasteiger partial charge in [-0.2, -0.15) is 0 Å². The maximum atomic E-state index is 11.2. The van der Waals surface area contributed by atoms with Crippen LogP contribution in [-0.2, 0) is 0 Å². The molecule has 4 nitrogen and oxygen atoms in total. The van der Waals surface area contributed by atoms with Crippen LogP contribution in [0.1, 0.15) is 59.3 Å². The van der Waals surface area contributed by atoms with Crippen molar-refractivity contribution in [3.63, 3.8) is 0 Å². The van der Waals surface area contributed by atoms with E-state index in [2.05, 4.69) is 19.9 Å². The van der Waals surface area contributed by atoms with Gasteiger partial charge in [-0.1, -0.05) is 31.9 Å². The number of rotatable bonds is 4. The topological polar surface area (TPSA) is 80.9 Å². The van der Waals surface area contributed by atoms with Crippen LogP contribution in [0, 0.1) is 35.0 Å². The first kappa shape index (κ1) is 19.3. The van der Waals surface area contributed by atoms with Crippen LogP contribution in [0.4, 0.5) is 0 Å². The molecule has 0 aromatic heterocycles. The molecule has 0 amide bonds. The highest BCUT2D eigenvalue weighted by Crippen LogP contribution is 2.59. The molecule has 2 saturated carbocycles. The molecule has 25 heavy (non-hydrogen) atoms. The monoisotopic (exact) mass is 352 g/mol. The van der Waals surface area contributed by atoms with Gasteiger partial charge in [-0.15, -0.1) is 0 Å². The predicted octanol–water partition coefficient (Wildman–Crippen LogP) is 2.50. The van der Waals surface area contributed by atoms with Crippen molar-refractivity contribution >= 4 is 0 Å². The lowest BCUT2D eigenvalue weighted by Crippen LogP contribution is -2.45. The van der Waals surface area contributed by atoms with Gasteiger partial charge < -0.3 is 20.4 Å². The maximum Gasteiger partial charge on any atom is 0.0709 e. The van der Waals surface area contributed by atoms with E-state index in [1.165, 1.54) is 5.57 Å². The third-order valence-electron chi connectivity index (χ3n) is 7.83. The Morgan fingerprint density at radius 3 is 2.52 bits per heavy atom. The number of allylic oxidation sites excluding steroid dienone is 1. The highest BCUT2D eigenvalue weighted by Gasteiger charge is 2.55. The Morgan fingerprint density at radius 1 is 1.24 bits per heavy atom. The lowest BCUT2D eigenvalue weighted by Gasteiger charge is -2.44. The van der Waals surface area contributed by atoms with Gasteiger partial charge in [0, 0.05) is 25.0 Å². The second-order valence-electron chi connectivity index (χ2n) is 9.42. The zero-order valence-corrected chi connectivity index (χ0v) is 16.0.